The Kier molecular flexibility index (Phi) is 7.88. The van der Waals surface area contributed by atoms with Gasteiger partial charge < -0.3 is 19.3 Å². The zero-order valence-electron chi connectivity index (χ0n) is 17.6. The molecule has 31 heavy (non-hydrogen) atoms. The van der Waals surface area contributed by atoms with Crippen LogP contribution in [0, 0.1) is 0 Å². The lowest BCUT2D eigenvalue weighted by molar-refractivity contribution is 0.137. The van der Waals surface area contributed by atoms with Crippen LogP contribution in [0.4, 0.5) is 4.79 Å². The van der Waals surface area contributed by atoms with E-state index >= 15 is 0 Å². The summed E-state index contributed by atoms with van der Waals surface area (Å²) in [7, 11) is -1.96. The SMILES string of the molecule is CCOP(=O)(c1ccccc1)C(NC(=O)OCc1ccccc1)c1ccc(OC)cc1. The van der Waals surface area contributed by atoms with E-state index in [0.717, 1.165) is 5.56 Å². The Morgan fingerprint density at radius 2 is 1.55 bits per heavy atom. The highest BCUT2D eigenvalue weighted by Gasteiger charge is 2.39. The molecule has 1 N–H and O–H groups in total. The van der Waals surface area contributed by atoms with Gasteiger partial charge in [0.25, 0.3) is 7.37 Å². The monoisotopic (exact) mass is 439 g/mol. The van der Waals surface area contributed by atoms with Gasteiger partial charge >= 0.3 is 6.09 Å². The minimum absolute atomic E-state index is 0.103. The van der Waals surface area contributed by atoms with Crippen molar-refractivity contribution >= 4 is 18.8 Å². The summed E-state index contributed by atoms with van der Waals surface area (Å²) in [5.74, 6) is -0.274. The molecular weight excluding hydrogens is 413 g/mol. The molecule has 3 aromatic carbocycles. The first-order chi connectivity index (χ1) is 15.1. The predicted octanol–water partition coefficient (Wildman–Crippen LogP) is 5.26. The van der Waals surface area contributed by atoms with Gasteiger partial charge in [0, 0.05) is 5.30 Å². The molecule has 2 unspecified atom stereocenters. The van der Waals surface area contributed by atoms with Crippen LogP contribution < -0.4 is 15.4 Å². The minimum Gasteiger partial charge on any atom is -0.497 e. The Morgan fingerprint density at radius 3 is 2.13 bits per heavy atom. The van der Waals surface area contributed by atoms with Gasteiger partial charge in [0.2, 0.25) is 0 Å². The number of alkyl carbamates (subject to hydrolysis) is 1. The van der Waals surface area contributed by atoms with Gasteiger partial charge in [-0.1, -0.05) is 60.7 Å². The predicted molar refractivity (Wildman–Crippen MR) is 121 cm³/mol. The van der Waals surface area contributed by atoms with Crippen molar-refractivity contribution in [3.05, 3.63) is 96.1 Å². The fourth-order valence-corrected chi connectivity index (χ4v) is 5.56. The fourth-order valence-electron chi connectivity index (χ4n) is 3.15. The summed E-state index contributed by atoms with van der Waals surface area (Å²) >= 11 is 0. The second kappa shape index (κ2) is 10.8. The smallest absolute Gasteiger partial charge is 0.408 e. The minimum atomic E-state index is -3.53. The highest BCUT2D eigenvalue weighted by atomic mass is 31.2. The van der Waals surface area contributed by atoms with Crippen molar-refractivity contribution in [2.75, 3.05) is 13.7 Å². The molecule has 2 atom stereocenters. The largest absolute Gasteiger partial charge is 0.497 e. The van der Waals surface area contributed by atoms with Crippen LogP contribution in [0.25, 0.3) is 0 Å². The lowest BCUT2D eigenvalue weighted by Crippen LogP contribution is -2.32. The molecule has 0 aliphatic heterocycles. The molecule has 3 aromatic rings. The summed E-state index contributed by atoms with van der Waals surface area (Å²) in [6.07, 6.45) is -0.680. The Labute approximate surface area is 182 Å². The van der Waals surface area contributed by atoms with Crippen molar-refractivity contribution in [2.45, 2.75) is 19.3 Å². The van der Waals surface area contributed by atoms with Gasteiger partial charge in [-0.3, -0.25) is 4.57 Å². The Hall–Kier alpha value is -3.08. The maximum absolute atomic E-state index is 14.2. The van der Waals surface area contributed by atoms with Crippen LogP contribution in [-0.2, 0) is 20.4 Å². The van der Waals surface area contributed by atoms with E-state index in [1.165, 1.54) is 0 Å². The summed E-state index contributed by atoms with van der Waals surface area (Å²) in [5, 5.41) is 3.29. The molecular formula is C24H26NO5P. The molecule has 3 rings (SSSR count). The van der Waals surface area contributed by atoms with E-state index in [4.69, 9.17) is 14.0 Å². The molecule has 0 aliphatic carbocycles. The van der Waals surface area contributed by atoms with Crippen molar-refractivity contribution in [3.63, 3.8) is 0 Å². The Morgan fingerprint density at radius 1 is 0.935 bits per heavy atom. The van der Waals surface area contributed by atoms with Crippen LogP contribution in [-0.4, -0.2) is 19.8 Å². The lowest BCUT2D eigenvalue weighted by Gasteiger charge is -2.28. The number of amides is 1. The molecule has 0 saturated heterocycles. The van der Waals surface area contributed by atoms with Crippen molar-refractivity contribution in [1.29, 1.82) is 0 Å². The first-order valence-corrected chi connectivity index (χ1v) is 11.7. The van der Waals surface area contributed by atoms with E-state index in [9.17, 15) is 9.36 Å². The number of hydrogen-bond acceptors (Lipinski definition) is 5. The third-order valence-electron chi connectivity index (χ3n) is 4.68. The van der Waals surface area contributed by atoms with Crippen LogP contribution in [0.15, 0.2) is 84.9 Å². The van der Waals surface area contributed by atoms with Gasteiger partial charge in [0.15, 0.2) is 0 Å². The number of carbonyl (C=O) groups excluding carboxylic acids is 1. The van der Waals surface area contributed by atoms with Gasteiger partial charge in [-0.25, -0.2) is 4.79 Å². The van der Waals surface area contributed by atoms with Crippen molar-refractivity contribution in [3.8, 4) is 5.75 Å². The van der Waals surface area contributed by atoms with E-state index in [0.29, 0.717) is 16.6 Å². The summed E-state index contributed by atoms with van der Waals surface area (Å²) in [4.78, 5) is 12.7. The molecule has 0 aromatic heterocycles. The third-order valence-corrected chi connectivity index (χ3v) is 7.44. The Bertz CT molecular complexity index is 1010. The van der Waals surface area contributed by atoms with Crippen LogP contribution in [0.5, 0.6) is 5.75 Å². The highest BCUT2D eigenvalue weighted by molar-refractivity contribution is 7.67. The summed E-state index contributed by atoms with van der Waals surface area (Å²) in [6, 6.07) is 25.3. The van der Waals surface area contributed by atoms with Crippen LogP contribution >= 0.6 is 7.37 Å². The molecule has 0 saturated carbocycles. The molecule has 0 heterocycles. The van der Waals surface area contributed by atoms with E-state index in [1.54, 1.807) is 62.6 Å². The quantitative estimate of drug-likeness (QED) is 0.461. The number of ether oxygens (including phenoxy) is 2. The maximum Gasteiger partial charge on any atom is 0.408 e. The summed E-state index contributed by atoms with van der Waals surface area (Å²) in [6.45, 7) is 2.10. The first-order valence-electron chi connectivity index (χ1n) is 9.98. The number of benzene rings is 3. The molecule has 7 heteroatoms. The molecule has 1 amide bonds. The van der Waals surface area contributed by atoms with Crippen LogP contribution in [0.1, 0.15) is 23.8 Å². The van der Waals surface area contributed by atoms with E-state index in [-0.39, 0.29) is 13.2 Å². The molecule has 0 radical (unpaired) electrons. The summed E-state index contributed by atoms with van der Waals surface area (Å²) in [5.41, 5.74) is 1.48. The third kappa shape index (κ3) is 5.75. The average molecular weight is 439 g/mol. The molecule has 0 spiro atoms. The second-order valence-corrected chi connectivity index (χ2v) is 9.22. The number of methoxy groups -OCH3 is 1. The highest BCUT2D eigenvalue weighted by Crippen LogP contribution is 2.57. The van der Waals surface area contributed by atoms with Crippen LogP contribution in [0.3, 0.4) is 0 Å². The number of carbonyl (C=O) groups is 1. The van der Waals surface area contributed by atoms with Gasteiger partial charge in [-0.2, -0.15) is 0 Å². The zero-order valence-corrected chi connectivity index (χ0v) is 18.5. The van der Waals surface area contributed by atoms with Gasteiger partial charge in [0.1, 0.15) is 18.1 Å². The van der Waals surface area contributed by atoms with E-state index < -0.39 is 19.2 Å². The zero-order chi connectivity index (χ0) is 22.1. The molecule has 6 nitrogen and oxygen atoms in total. The molecule has 0 bridgehead atoms. The van der Waals surface area contributed by atoms with E-state index in [2.05, 4.69) is 5.32 Å². The topological polar surface area (TPSA) is 73.9 Å². The fraction of sp³-hybridized carbons (Fsp3) is 0.208. The first kappa shape index (κ1) is 22.6. The normalized spacial score (nSPS) is 13.6. The van der Waals surface area contributed by atoms with Crippen LogP contribution in [0.2, 0.25) is 0 Å². The van der Waals surface area contributed by atoms with Gasteiger partial charge in [-0.05, 0) is 42.3 Å². The molecule has 0 aliphatic rings. The maximum atomic E-state index is 14.2. The number of rotatable bonds is 9. The molecule has 0 fully saturated rings. The average Bonchev–Trinajstić information content (AvgIpc) is 2.82. The van der Waals surface area contributed by atoms with Crippen molar-refractivity contribution in [1.82, 2.24) is 5.32 Å². The van der Waals surface area contributed by atoms with Gasteiger partial charge in [-0.15, -0.1) is 0 Å². The Balaban J connectivity index is 1.91. The van der Waals surface area contributed by atoms with Crippen molar-refractivity contribution < 1.29 is 23.4 Å². The second-order valence-electron chi connectivity index (χ2n) is 6.73. The number of hydrogen-bond donors (Lipinski definition) is 1. The van der Waals surface area contributed by atoms with Gasteiger partial charge in [0.05, 0.1) is 13.7 Å². The molecule has 162 valence electrons. The lowest BCUT2D eigenvalue weighted by atomic mass is 10.2. The van der Waals surface area contributed by atoms with E-state index in [1.807, 2.05) is 36.4 Å². The standard InChI is InChI=1S/C24H26NO5P/c1-3-30-31(27,22-12-8-5-9-13-22)23(20-14-16-21(28-2)17-15-20)25-24(26)29-18-19-10-6-4-7-11-19/h4-17,23H,3,18H2,1-2H3,(H,25,26). The number of nitrogens with one attached hydrogen (secondary N) is 1. The van der Waals surface area contributed by atoms with Crippen molar-refractivity contribution in [2.24, 2.45) is 0 Å². The summed E-state index contributed by atoms with van der Waals surface area (Å²) < 4.78 is 30.6.